The van der Waals surface area contributed by atoms with Crippen molar-refractivity contribution in [1.29, 1.82) is 0 Å². The second-order valence-corrected chi connectivity index (χ2v) is 6.39. The molecule has 0 aromatic heterocycles. The summed E-state index contributed by atoms with van der Waals surface area (Å²) < 4.78 is 11.0. The number of nitrogens with one attached hydrogen (secondary N) is 2. The molecule has 0 aliphatic heterocycles. The molecular weight excluding hydrogens is 356 g/mol. The van der Waals surface area contributed by atoms with Gasteiger partial charge in [0, 0.05) is 0 Å². The number of hydrazine groups is 1. The van der Waals surface area contributed by atoms with Gasteiger partial charge < -0.3 is 9.47 Å². The van der Waals surface area contributed by atoms with Gasteiger partial charge in [-0.05, 0) is 50.1 Å². The molecule has 2 aromatic carbocycles. The number of carbonyl (C=O) groups is 2. The zero-order valence-corrected chi connectivity index (χ0v) is 16.6. The summed E-state index contributed by atoms with van der Waals surface area (Å²) in [5, 5.41) is 0. The minimum atomic E-state index is -0.764. The lowest BCUT2D eigenvalue weighted by Gasteiger charge is -2.19. The van der Waals surface area contributed by atoms with Gasteiger partial charge >= 0.3 is 0 Å². The van der Waals surface area contributed by atoms with Crippen molar-refractivity contribution in [1.82, 2.24) is 10.9 Å². The Hall–Kier alpha value is -3.02. The molecule has 2 amide bonds. The number of amides is 2. The highest BCUT2D eigenvalue weighted by Gasteiger charge is 2.21. The summed E-state index contributed by atoms with van der Waals surface area (Å²) in [5.74, 6) is 0.307. The van der Waals surface area contributed by atoms with E-state index in [1.807, 2.05) is 44.2 Å². The van der Waals surface area contributed by atoms with E-state index in [1.165, 1.54) is 0 Å². The van der Waals surface area contributed by atoms with Gasteiger partial charge in [0.1, 0.15) is 11.5 Å². The Balaban J connectivity index is 1.88. The Morgan fingerprint density at radius 1 is 0.893 bits per heavy atom. The van der Waals surface area contributed by atoms with Crippen molar-refractivity contribution >= 4 is 11.8 Å². The van der Waals surface area contributed by atoms with Crippen LogP contribution in [-0.2, 0) is 9.59 Å². The molecule has 0 saturated carbocycles. The van der Waals surface area contributed by atoms with Crippen molar-refractivity contribution in [3.05, 3.63) is 60.2 Å². The maximum atomic E-state index is 12.5. The van der Waals surface area contributed by atoms with Gasteiger partial charge in [-0.15, -0.1) is 0 Å². The Morgan fingerprint density at radius 2 is 1.50 bits per heavy atom. The maximum Gasteiger partial charge on any atom is 0.279 e. The Morgan fingerprint density at radius 3 is 2.11 bits per heavy atom. The van der Waals surface area contributed by atoms with E-state index in [2.05, 4.69) is 10.9 Å². The summed E-state index contributed by atoms with van der Waals surface area (Å²) in [7, 11) is 0. The van der Waals surface area contributed by atoms with E-state index < -0.39 is 12.0 Å². The highest BCUT2D eigenvalue weighted by molar-refractivity contribution is 5.87. The van der Waals surface area contributed by atoms with Gasteiger partial charge in [0.25, 0.3) is 5.91 Å². The molecule has 0 aliphatic rings. The van der Waals surface area contributed by atoms with Gasteiger partial charge in [0.15, 0.2) is 6.10 Å². The van der Waals surface area contributed by atoms with Gasteiger partial charge in [0.05, 0.1) is 12.5 Å². The average Bonchev–Trinajstić information content (AvgIpc) is 2.72. The van der Waals surface area contributed by atoms with E-state index in [0.29, 0.717) is 18.8 Å². The van der Waals surface area contributed by atoms with Crippen molar-refractivity contribution in [2.75, 3.05) is 6.61 Å². The summed E-state index contributed by atoms with van der Waals surface area (Å²) in [6.07, 6.45) is 0.793. The molecule has 0 saturated heterocycles. The third kappa shape index (κ3) is 6.30. The summed E-state index contributed by atoms with van der Waals surface area (Å²) in [5.41, 5.74) is 5.90. The summed E-state index contributed by atoms with van der Waals surface area (Å²) in [6, 6.07) is 16.6. The number of rotatable bonds is 9. The van der Waals surface area contributed by atoms with Gasteiger partial charge in [0.2, 0.25) is 5.91 Å². The Labute approximate surface area is 166 Å². The molecule has 6 heteroatoms. The lowest BCUT2D eigenvalue weighted by atomic mass is 9.94. The monoisotopic (exact) mass is 384 g/mol. The maximum absolute atomic E-state index is 12.5. The van der Waals surface area contributed by atoms with E-state index >= 15 is 0 Å². The van der Waals surface area contributed by atoms with Crippen molar-refractivity contribution in [3.8, 4) is 11.5 Å². The van der Waals surface area contributed by atoms with E-state index in [4.69, 9.17) is 9.47 Å². The van der Waals surface area contributed by atoms with Crippen LogP contribution in [0.1, 0.15) is 45.1 Å². The van der Waals surface area contributed by atoms with Crippen LogP contribution in [0.15, 0.2) is 54.6 Å². The van der Waals surface area contributed by atoms with E-state index in [9.17, 15) is 9.59 Å². The van der Waals surface area contributed by atoms with Crippen LogP contribution < -0.4 is 20.3 Å². The fourth-order valence-electron chi connectivity index (χ4n) is 2.77. The number of benzene rings is 2. The smallest absolute Gasteiger partial charge is 0.279 e. The predicted molar refractivity (Wildman–Crippen MR) is 108 cm³/mol. The van der Waals surface area contributed by atoms with Crippen LogP contribution in [0.25, 0.3) is 0 Å². The number of ether oxygens (including phenoxy) is 2. The van der Waals surface area contributed by atoms with Crippen molar-refractivity contribution < 1.29 is 19.1 Å². The van der Waals surface area contributed by atoms with Crippen LogP contribution >= 0.6 is 0 Å². The first-order valence-corrected chi connectivity index (χ1v) is 9.59. The van der Waals surface area contributed by atoms with E-state index in [1.54, 1.807) is 31.2 Å². The molecule has 2 N–H and O–H groups in total. The van der Waals surface area contributed by atoms with E-state index in [-0.39, 0.29) is 11.8 Å². The molecule has 6 nitrogen and oxygen atoms in total. The zero-order valence-electron chi connectivity index (χ0n) is 16.6. The highest BCUT2D eigenvalue weighted by Crippen LogP contribution is 2.21. The molecule has 0 fully saturated rings. The fourth-order valence-corrected chi connectivity index (χ4v) is 2.77. The van der Waals surface area contributed by atoms with Crippen LogP contribution in [0.2, 0.25) is 0 Å². The van der Waals surface area contributed by atoms with Crippen LogP contribution in [0, 0.1) is 0 Å². The molecular formula is C22H28N2O4. The number of hydrogen-bond donors (Lipinski definition) is 2. The number of carbonyl (C=O) groups excluding carboxylic acids is 2. The first-order chi connectivity index (χ1) is 13.5. The van der Waals surface area contributed by atoms with Gasteiger partial charge in [-0.3, -0.25) is 20.4 Å². The molecule has 2 atom stereocenters. The van der Waals surface area contributed by atoms with Crippen molar-refractivity contribution in [2.24, 2.45) is 0 Å². The normalized spacial score (nSPS) is 12.5. The second-order valence-electron chi connectivity index (χ2n) is 6.39. The molecule has 2 aromatic rings. The third-order valence-corrected chi connectivity index (χ3v) is 4.22. The number of hydrogen-bond acceptors (Lipinski definition) is 4. The molecule has 0 bridgehead atoms. The lowest BCUT2D eigenvalue weighted by molar-refractivity contribution is -0.133. The SMILES string of the molecule is CCC[C@H](C(=O)NNC(=O)[C@@H](C)Oc1ccc(OCC)cc1)c1ccccc1. The first-order valence-electron chi connectivity index (χ1n) is 9.59. The molecule has 150 valence electrons. The topological polar surface area (TPSA) is 76.7 Å². The average molecular weight is 384 g/mol. The van der Waals surface area contributed by atoms with Crippen LogP contribution in [0.4, 0.5) is 0 Å². The Bertz CT molecular complexity index is 747. The molecule has 28 heavy (non-hydrogen) atoms. The summed E-state index contributed by atoms with van der Waals surface area (Å²) in [4.78, 5) is 24.8. The van der Waals surface area contributed by atoms with Gasteiger partial charge in [-0.25, -0.2) is 0 Å². The molecule has 0 radical (unpaired) electrons. The van der Waals surface area contributed by atoms with Gasteiger partial charge in [-0.1, -0.05) is 43.7 Å². The van der Waals surface area contributed by atoms with Crippen molar-refractivity contribution in [3.63, 3.8) is 0 Å². The third-order valence-electron chi connectivity index (χ3n) is 4.22. The Kier molecular flexibility index (Phi) is 8.34. The lowest BCUT2D eigenvalue weighted by Crippen LogP contribution is -2.48. The summed E-state index contributed by atoms with van der Waals surface area (Å²) >= 11 is 0. The molecule has 2 rings (SSSR count). The summed E-state index contributed by atoms with van der Waals surface area (Å²) in [6.45, 7) is 6.14. The quantitative estimate of drug-likeness (QED) is 0.648. The molecule has 0 heterocycles. The predicted octanol–water partition coefficient (Wildman–Crippen LogP) is 3.58. The van der Waals surface area contributed by atoms with Crippen molar-refractivity contribution in [2.45, 2.75) is 45.6 Å². The largest absolute Gasteiger partial charge is 0.494 e. The zero-order chi connectivity index (χ0) is 20.4. The molecule has 0 unspecified atom stereocenters. The van der Waals surface area contributed by atoms with Crippen LogP contribution in [0.5, 0.6) is 11.5 Å². The second kappa shape index (κ2) is 11.0. The van der Waals surface area contributed by atoms with Gasteiger partial charge in [-0.2, -0.15) is 0 Å². The van der Waals surface area contributed by atoms with Crippen LogP contribution in [0.3, 0.4) is 0 Å². The highest BCUT2D eigenvalue weighted by atomic mass is 16.5. The first kappa shape index (κ1) is 21.3. The molecule has 0 aliphatic carbocycles. The van der Waals surface area contributed by atoms with Crippen LogP contribution in [-0.4, -0.2) is 24.5 Å². The minimum Gasteiger partial charge on any atom is -0.494 e. The standard InChI is InChI=1S/C22H28N2O4/c1-4-9-20(17-10-7-6-8-11-17)22(26)24-23-21(25)16(3)28-19-14-12-18(13-15-19)27-5-2/h6-8,10-16,20H,4-5,9H2,1-3H3,(H,23,25)(H,24,26)/t16-,20+/m1/s1. The van der Waals surface area contributed by atoms with E-state index in [0.717, 1.165) is 17.7 Å². The minimum absolute atomic E-state index is 0.241. The molecule has 0 spiro atoms. The fraction of sp³-hybridized carbons (Fsp3) is 0.364.